The molecule has 136 valence electrons. The van der Waals surface area contributed by atoms with Gasteiger partial charge in [0.15, 0.2) is 5.65 Å². The Morgan fingerprint density at radius 1 is 1.24 bits per heavy atom. The lowest BCUT2D eigenvalue weighted by molar-refractivity contribution is -0.117. The molecular weight excluding hydrogens is 316 g/mol. The summed E-state index contributed by atoms with van der Waals surface area (Å²) in [5, 5.41) is 13.2. The first-order valence-electron chi connectivity index (χ1n) is 8.96. The van der Waals surface area contributed by atoms with Gasteiger partial charge in [0.2, 0.25) is 11.9 Å². The normalized spacial score (nSPS) is 16.1. The first-order valence-corrected chi connectivity index (χ1v) is 8.96. The minimum Gasteiger partial charge on any atom is -0.384 e. The number of pyridine rings is 1. The maximum atomic E-state index is 12.4. The van der Waals surface area contributed by atoms with Gasteiger partial charge in [-0.3, -0.25) is 14.7 Å². The van der Waals surface area contributed by atoms with E-state index in [0.29, 0.717) is 24.1 Å². The van der Waals surface area contributed by atoms with Crippen LogP contribution in [-0.4, -0.2) is 25.5 Å². The van der Waals surface area contributed by atoms with Crippen molar-refractivity contribution in [3.8, 4) is 0 Å². The van der Waals surface area contributed by atoms with Gasteiger partial charge >= 0.3 is 0 Å². The highest BCUT2D eigenvalue weighted by Crippen LogP contribution is 2.37. The molecule has 0 aliphatic heterocycles. The summed E-state index contributed by atoms with van der Waals surface area (Å²) in [5.41, 5.74) is 0.983. The maximum Gasteiger partial charge on any atom is 0.227 e. The Balaban J connectivity index is 2.01. The van der Waals surface area contributed by atoms with Gasteiger partial charge in [-0.05, 0) is 50.7 Å². The van der Waals surface area contributed by atoms with Crippen molar-refractivity contribution in [2.45, 2.75) is 71.9 Å². The number of hydrogen-bond acceptors (Lipinski definition) is 4. The Hall–Kier alpha value is -1.95. The Bertz CT molecular complexity index is 792. The summed E-state index contributed by atoms with van der Waals surface area (Å²) in [5.74, 6) is 0.528. The van der Waals surface area contributed by atoms with Gasteiger partial charge in [-0.1, -0.05) is 20.8 Å². The van der Waals surface area contributed by atoms with Gasteiger partial charge in [-0.2, -0.15) is 0 Å². The highest BCUT2D eigenvalue weighted by molar-refractivity contribution is 5.91. The molecule has 1 saturated carbocycles. The third-order valence-electron chi connectivity index (χ3n) is 4.55. The fourth-order valence-corrected chi connectivity index (χ4v) is 3.04. The largest absolute Gasteiger partial charge is 0.384 e. The molecule has 0 radical (unpaired) electrons. The zero-order valence-electron chi connectivity index (χ0n) is 15.8. The molecule has 2 heterocycles. The molecule has 2 aromatic heterocycles. The number of carbonyl (C=O) groups is 1. The number of aliphatic hydroxyl groups is 1. The van der Waals surface area contributed by atoms with Crippen LogP contribution < -0.4 is 5.32 Å². The van der Waals surface area contributed by atoms with Crippen LogP contribution in [0.3, 0.4) is 0 Å². The molecule has 1 fully saturated rings. The van der Waals surface area contributed by atoms with Crippen LogP contribution in [0.1, 0.15) is 72.0 Å². The van der Waals surface area contributed by atoms with E-state index in [1.54, 1.807) is 19.9 Å². The van der Waals surface area contributed by atoms with Crippen molar-refractivity contribution < 1.29 is 9.90 Å². The van der Waals surface area contributed by atoms with E-state index >= 15 is 0 Å². The molecule has 0 spiro atoms. The number of imidazole rings is 1. The number of nitrogens with zero attached hydrogens (tertiary/aromatic N) is 3. The number of rotatable bonds is 4. The molecule has 0 unspecified atom stereocenters. The highest BCUT2D eigenvalue weighted by atomic mass is 16.3. The Labute approximate surface area is 148 Å². The quantitative estimate of drug-likeness (QED) is 0.885. The highest BCUT2D eigenvalue weighted by Gasteiger charge is 2.28. The van der Waals surface area contributed by atoms with Crippen LogP contribution in [0.4, 0.5) is 5.95 Å². The molecule has 6 nitrogen and oxygen atoms in total. The number of aromatic nitrogens is 3. The minimum atomic E-state index is -1.02. The average Bonchev–Trinajstić information content (AvgIpc) is 2.71. The lowest BCUT2D eigenvalue weighted by Crippen LogP contribution is -2.25. The summed E-state index contributed by atoms with van der Waals surface area (Å²) >= 11 is 0. The van der Waals surface area contributed by atoms with Gasteiger partial charge in [-0.15, -0.1) is 0 Å². The molecule has 25 heavy (non-hydrogen) atoms. The van der Waals surface area contributed by atoms with Gasteiger partial charge in [-0.25, -0.2) is 9.97 Å². The smallest absolute Gasteiger partial charge is 0.227 e. The van der Waals surface area contributed by atoms with Gasteiger partial charge in [0, 0.05) is 12.5 Å². The molecule has 1 amide bonds. The monoisotopic (exact) mass is 344 g/mol. The van der Waals surface area contributed by atoms with Crippen LogP contribution in [0.5, 0.6) is 0 Å². The predicted molar refractivity (Wildman–Crippen MR) is 98.4 cm³/mol. The topological polar surface area (TPSA) is 80.0 Å². The summed E-state index contributed by atoms with van der Waals surface area (Å²) in [6.45, 7) is 9.56. The average molecular weight is 344 g/mol. The first-order chi connectivity index (χ1) is 11.5. The summed E-state index contributed by atoms with van der Waals surface area (Å²) in [7, 11) is 0. The predicted octanol–water partition coefficient (Wildman–Crippen LogP) is 3.76. The van der Waals surface area contributed by atoms with Gasteiger partial charge in [0.05, 0.1) is 5.69 Å². The summed E-state index contributed by atoms with van der Waals surface area (Å²) < 4.78 is 2.04. The van der Waals surface area contributed by atoms with Crippen LogP contribution in [0, 0.1) is 5.41 Å². The van der Waals surface area contributed by atoms with Crippen molar-refractivity contribution in [2.24, 2.45) is 5.41 Å². The second-order valence-corrected chi connectivity index (χ2v) is 8.77. The second-order valence-electron chi connectivity index (χ2n) is 8.77. The number of nitrogens with one attached hydrogen (secondary N) is 1. The third kappa shape index (κ3) is 3.84. The molecule has 0 atom stereocenters. The van der Waals surface area contributed by atoms with Crippen molar-refractivity contribution in [3.63, 3.8) is 0 Å². The van der Waals surface area contributed by atoms with Crippen molar-refractivity contribution in [2.75, 3.05) is 5.32 Å². The summed E-state index contributed by atoms with van der Waals surface area (Å²) in [4.78, 5) is 21.6. The van der Waals surface area contributed by atoms with E-state index in [1.807, 2.05) is 31.4 Å². The maximum absolute atomic E-state index is 12.4. The number of fused-ring (bicyclic) bond motifs is 1. The van der Waals surface area contributed by atoms with Crippen LogP contribution >= 0.6 is 0 Å². The Morgan fingerprint density at radius 2 is 1.92 bits per heavy atom. The number of hydrogen-bond donors (Lipinski definition) is 2. The number of amides is 1. The van der Waals surface area contributed by atoms with Crippen molar-refractivity contribution in [3.05, 3.63) is 17.8 Å². The van der Waals surface area contributed by atoms with Gasteiger partial charge in [0.1, 0.15) is 11.1 Å². The second kappa shape index (κ2) is 6.09. The van der Waals surface area contributed by atoms with Gasteiger partial charge < -0.3 is 5.11 Å². The summed E-state index contributed by atoms with van der Waals surface area (Å²) in [6, 6.07) is 3.96. The zero-order chi connectivity index (χ0) is 18.4. The van der Waals surface area contributed by atoms with Crippen LogP contribution in [0.25, 0.3) is 11.2 Å². The van der Waals surface area contributed by atoms with E-state index in [9.17, 15) is 9.90 Å². The molecule has 6 heteroatoms. The van der Waals surface area contributed by atoms with Crippen LogP contribution in [0.15, 0.2) is 12.1 Å². The van der Waals surface area contributed by atoms with E-state index < -0.39 is 5.60 Å². The summed E-state index contributed by atoms with van der Waals surface area (Å²) in [6.07, 6.45) is 3.72. The number of anilines is 1. The van der Waals surface area contributed by atoms with E-state index in [4.69, 9.17) is 0 Å². The fourth-order valence-electron chi connectivity index (χ4n) is 3.04. The lowest BCUT2D eigenvalue weighted by atomic mass is 9.92. The lowest BCUT2D eigenvalue weighted by Gasteiger charge is -2.29. The minimum absolute atomic E-state index is 0.0360. The zero-order valence-corrected chi connectivity index (χ0v) is 15.8. The standard InChI is InChI=1S/C19H28N4O2/c1-18(2,3)11-15(24)22-17-20-13-9-10-14(19(4,5)25)21-16(13)23(17)12-7-6-8-12/h9-10,12,25H,6-8,11H2,1-5H3,(H,20,22,24). The third-order valence-corrected chi connectivity index (χ3v) is 4.55. The van der Waals surface area contributed by atoms with Crippen molar-refractivity contribution in [1.82, 2.24) is 14.5 Å². The van der Waals surface area contributed by atoms with Crippen LogP contribution in [-0.2, 0) is 10.4 Å². The van der Waals surface area contributed by atoms with Crippen LogP contribution in [0.2, 0.25) is 0 Å². The molecule has 1 aliphatic rings. The SMILES string of the molecule is CC(C)(C)CC(=O)Nc1nc2ccc(C(C)(C)O)nc2n1C1CCC1. The fraction of sp³-hybridized carbons (Fsp3) is 0.632. The first kappa shape index (κ1) is 17.9. The molecular formula is C19H28N4O2. The van der Waals surface area contributed by atoms with Crippen molar-refractivity contribution in [1.29, 1.82) is 0 Å². The Morgan fingerprint density at radius 3 is 2.44 bits per heavy atom. The van der Waals surface area contributed by atoms with E-state index in [1.165, 1.54) is 6.42 Å². The van der Waals surface area contributed by atoms with E-state index in [2.05, 4.69) is 15.3 Å². The molecule has 0 bridgehead atoms. The molecule has 2 aromatic rings. The molecule has 3 rings (SSSR count). The van der Waals surface area contributed by atoms with Crippen molar-refractivity contribution >= 4 is 23.0 Å². The van der Waals surface area contributed by atoms with E-state index in [0.717, 1.165) is 24.0 Å². The Kier molecular flexibility index (Phi) is 4.35. The molecule has 2 N–H and O–H groups in total. The molecule has 1 aliphatic carbocycles. The molecule has 0 aromatic carbocycles. The van der Waals surface area contributed by atoms with E-state index in [-0.39, 0.29) is 11.3 Å². The molecule has 0 saturated heterocycles. The van der Waals surface area contributed by atoms with Gasteiger partial charge in [0.25, 0.3) is 0 Å². The number of carbonyl (C=O) groups excluding carboxylic acids is 1.